The maximum atomic E-state index is 6.10. The molecule has 1 aromatic rings. The SMILES string of the molecule is Clc1ccccc1[C@H]1CNCCCO1. The van der Waals surface area contributed by atoms with Gasteiger partial charge in [0.2, 0.25) is 0 Å². The smallest absolute Gasteiger partial charge is 0.0963 e. The Balaban J connectivity index is 2.16. The maximum absolute atomic E-state index is 6.10. The Bertz CT molecular complexity index is 295. The summed E-state index contributed by atoms with van der Waals surface area (Å²) >= 11 is 6.10. The lowest BCUT2D eigenvalue weighted by atomic mass is 10.1. The molecule has 0 aromatic heterocycles. The Morgan fingerprint density at radius 1 is 1.36 bits per heavy atom. The van der Waals surface area contributed by atoms with Gasteiger partial charge in [-0.15, -0.1) is 0 Å². The summed E-state index contributed by atoms with van der Waals surface area (Å²) in [6.45, 7) is 2.69. The van der Waals surface area contributed by atoms with E-state index in [4.69, 9.17) is 16.3 Å². The van der Waals surface area contributed by atoms with Crippen LogP contribution in [-0.4, -0.2) is 19.7 Å². The van der Waals surface area contributed by atoms with Crippen LogP contribution in [-0.2, 0) is 4.74 Å². The van der Waals surface area contributed by atoms with E-state index in [1.807, 2.05) is 24.3 Å². The van der Waals surface area contributed by atoms with Gasteiger partial charge < -0.3 is 10.1 Å². The molecule has 2 nitrogen and oxygen atoms in total. The summed E-state index contributed by atoms with van der Waals surface area (Å²) in [5.41, 5.74) is 1.09. The lowest BCUT2D eigenvalue weighted by Gasteiger charge is -2.16. The molecule has 0 unspecified atom stereocenters. The van der Waals surface area contributed by atoms with E-state index in [9.17, 15) is 0 Å². The van der Waals surface area contributed by atoms with Crippen LogP contribution in [0.25, 0.3) is 0 Å². The molecule has 3 heteroatoms. The molecule has 2 rings (SSSR count). The minimum Gasteiger partial charge on any atom is -0.372 e. The highest BCUT2D eigenvalue weighted by atomic mass is 35.5. The highest BCUT2D eigenvalue weighted by Gasteiger charge is 2.16. The molecule has 1 N–H and O–H groups in total. The molecule has 0 bridgehead atoms. The second kappa shape index (κ2) is 4.78. The van der Waals surface area contributed by atoms with Gasteiger partial charge in [-0.2, -0.15) is 0 Å². The molecule has 1 fully saturated rings. The van der Waals surface area contributed by atoms with Gasteiger partial charge in [-0.25, -0.2) is 0 Å². The minimum absolute atomic E-state index is 0.103. The van der Waals surface area contributed by atoms with Gasteiger partial charge >= 0.3 is 0 Å². The summed E-state index contributed by atoms with van der Waals surface area (Å²) in [6, 6.07) is 7.87. The number of hydrogen-bond donors (Lipinski definition) is 1. The summed E-state index contributed by atoms with van der Waals surface area (Å²) in [7, 11) is 0. The van der Waals surface area contributed by atoms with E-state index in [1.54, 1.807) is 0 Å². The van der Waals surface area contributed by atoms with Crippen LogP contribution >= 0.6 is 11.6 Å². The van der Waals surface area contributed by atoms with Crippen LogP contribution in [0.2, 0.25) is 5.02 Å². The Labute approximate surface area is 89.2 Å². The highest BCUT2D eigenvalue weighted by Crippen LogP contribution is 2.25. The van der Waals surface area contributed by atoms with Gasteiger partial charge in [0.15, 0.2) is 0 Å². The van der Waals surface area contributed by atoms with E-state index >= 15 is 0 Å². The summed E-state index contributed by atoms with van der Waals surface area (Å²) in [4.78, 5) is 0. The number of halogens is 1. The van der Waals surface area contributed by atoms with Crippen LogP contribution in [0.15, 0.2) is 24.3 Å². The average Bonchev–Trinajstić information content (AvgIpc) is 2.47. The second-order valence-corrected chi connectivity index (χ2v) is 3.85. The van der Waals surface area contributed by atoms with Gasteiger partial charge in [0.05, 0.1) is 6.10 Å². The average molecular weight is 212 g/mol. The Kier molecular flexibility index (Phi) is 3.40. The molecule has 1 aliphatic heterocycles. The predicted molar refractivity (Wildman–Crippen MR) is 57.6 cm³/mol. The summed E-state index contributed by atoms with van der Waals surface area (Å²) < 4.78 is 5.72. The maximum Gasteiger partial charge on any atom is 0.0963 e. The molecule has 14 heavy (non-hydrogen) atoms. The zero-order valence-electron chi connectivity index (χ0n) is 8.00. The van der Waals surface area contributed by atoms with Gasteiger partial charge in [0.25, 0.3) is 0 Å². The third kappa shape index (κ3) is 2.27. The van der Waals surface area contributed by atoms with Crippen molar-refractivity contribution >= 4 is 11.6 Å². The quantitative estimate of drug-likeness (QED) is 0.770. The first kappa shape index (κ1) is 9.97. The first-order valence-corrected chi connectivity index (χ1v) is 5.32. The number of nitrogens with one attached hydrogen (secondary N) is 1. The predicted octanol–water partition coefficient (Wildman–Crippen LogP) is 2.39. The molecule has 1 heterocycles. The second-order valence-electron chi connectivity index (χ2n) is 3.44. The molecule has 1 aliphatic rings. The van der Waals surface area contributed by atoms with Crippen molar-refractivity contribution in [2.24, 2.45) is 0 Å². The minimum atomic E-state index is 0.103. The van der Waals surface area contributed by atoms with Crippen molar-refractivity contribution in [3.63, 3.8) is 0 Å². The molecule has 0 aliphatic carbocycles. The molecular weight excluding hydrogens is 198 g/mol. The van der Waals surface area contributed by atoms with Gasteiger partial charge in [-0.05, 0) is 19.0 Å². The van der Waals surface area contributed by atoms with Crippen molar-refractivity contribution in [3.05, 3.63) is 34.9 Å². The molecule has 0 amide bonds. The van der Waals surface area contributed by atoms with Crippen molar-refractivity contribution in [2.45, 2.75) is 12.5 Å². The van der Waals surface area contributed by atoms with Crippen LogP contribution in [0, 0.1) is 0 Å². The fourth-order valence-electron chi connectivity index (χ4n) is 1.65. The van der Waals surface area contributed by atoms with Crippen molar-refractivity contribution in [1.29, 1.82) is 0 Å². The van der Waals surface area contributed by atoms with Crippen molar-refractivity contribution in [3.8, 4) is 0 Å². The molecule has 0 spiro atoms. The van der Waals surface area contributed by atoms with Crippen molar-refractivity contribution in [2.75, 3.05) is 19.7 Å². The number of hydrogen-bond acceptors (Lipinski definition) is 2. The number of rotatable bonds is 1. The van der Waals surface area contributed by atoms with E-state index in [1.165, 1.54) is 0 Å². The summed E-state index contributed by atoms with van der Waals surface area (Å²) in [5.74, 6) is 0. The third-order valence-electron chi connectivity index (χ3n) is 2.40. The van der Waals surface area contributed by atoms with Crippen LogP contribution in [0.3, 0.4) is 0 Å². The standard InChI is InChI=1S/C11H14ClNO/c12-10-5-2-1-4-9(10)11-8-13-6-3-7-14-11/h1-2,4-5,11,13H,3,6-8H2/t11-/m1/s1. The molecular formula is C11H14ClNO. The van der Waals surface area contributed by atoms with E-state index in [2.05, 4.69) is 5.32 Å². The molecule has 0 saturated carbocycles. The first-order chi connectivity index (χ1) is 6.88. The van der Waals surface area contributed by atoms with E-state index < -0.39 is 0 Å². The Morgan fingerprint density at radius 2 is 2.21 bits per heavy atom. The lowest BCUT2D eigenvalue weighted by molar-refractivity contribution is 0.0670. The summed E-state index contributed by atoms with van der Waals surface area (Å²) in [6.07, 6.45) is 1.17. The highest BCUT2D eigenvalue weighted by molar-refractivity contribution is 6.31. The molecule has 1 atom stereocenters. The molecule has 1 aromatic carbocycles. The third-order valence-corrected chi connectivity index (χ3v) is 2.74. The topological polar surface area (TPSA) is 21.3 Å². The summed E-state index contributed by atoms with van der Waals surface area (Å²) in [5, 5.41) is 4.13. The largest absolute Gasteiger partial charge is 0.372 e. The number of benzene rings is 1. The zero-order valence-corrected chi connectivity index (χ0v) is 8.76. The first-order valence-electron chi connectivity index (χ1n) is 4.94. The van der Waals surface area contributed by atoms with E-state index in [0.29, 0.717) is 0 Å². The van der Waals surface area contributed by atoms with Gasteiger partial charge in [-0.1, -0.05) is 29.8 Å². The monoisotopic (exact) mass is 211 g/mol. The molecule has 0 radical (unpaired) electrons. The van der Waals surface area contributed by atoms with Crippen LogP contribution in [0.1, 0.15) is 18.1 Å². The fourth-order valence-corrected chi connectivity index (χ4v) is 1.91. The zero-order chi connectivity index (χ0) is 9.80. The van der Waals surface area contributed by atoms with Gasteiger partial charge in [-0.3, -0.25) is 0 Å². The fraction of sp³-hybridized carbons (Fsp3) is 0.455. The van der Waals surface area contributed by atoms with Gasteiger partial charge in [0, 0.05) is 23.7 Å². The lowest BCUT2D eigenvalue weighted by Crippen LogP contribution is -2.20. The van der Waals surface area contributed by atoms with Crippen LogP contribution in [0.4, 0.5) is 0 Å². The van der Waals surface area contributed by atoms with Crippen LogP contribution in [0.5, 0.6) is 0 Å². The van der Waals surface area contributed by atoms with Crippen molar-refractivity contribution in [1.82, 2.24) is 5.32 Å². The number of ether oxygens (including phenoxy) is 1. The molecule has 76 valence electrons. The molecule has 1 saturated heterocycles. The van der Waals surface area contributed by atoms with Gasteiger partial charge in [0.1, 0.15) is 0 Å². The van der Waals surface area contributed by atoms with Crippen molar-refractivity contribution < 1.29 is 4.74 Å². The Morgan fingerprint density at radius 3 is 3.07 bits per heavy atom. The normalized spacial score (nSPS) is 23.1. The Hall–Kier alpha value is -0.570. The van der Waals surface area contributed by atoms with Crippen LogP contribution < -0.4 is 5.32 Å². The van der Waals surface area contributed by atoms with E-state index in [-0.39, 0.29) is 6.10 Å². The van der Waals surface area contributed by atoms with E-state index in [0.717, 1.165) is 36.7 Å².